The van der Waals surface area contributed by atoms with Gasteiger partial charge in [0, 0.05) is 31.9 Å². The largest absolute Gasteiger partial charge is 0.347 e. The van der Waals surface area contributed by atoms with Crippen LogP contribution in [0.2, 0.25) is 0 Å². The number of hydrogen-bond donors (Lipinski definition) is 2. The molecule has 0 aliphatic carbocycles. The number of carbonyl (C=O) groups is 3. The molecule has 2 aliphatic heterocycles. The van der Waals surface area contributed by atoms with E-state index in [9.17, 15) is 14.4 Å². The molecule has 1 unspecified atom stereocenters. The van der Waals surface area contributed by atoms with Gasteiger partial charge in [-0.05, 0) is 37.8 Å². The predicted octanol–water partition coefficient (Wildman–Crippen LogP) is 1.67. The Morgan fingerprint density at radius 2 is 1.65 bits per heavy atom. The average molecular weight is 358 g/mol. The van der Waals surface area contributed by atoms with Gasteiger partial charge in [0.25, 0.3) is 0 Å². The molecule has 0 spiro atoms. The third kappa shape index (κ3) is 4.74. The summed E-state index contributed by atoms with van der Waals surface area (Å²) in [6.07, 6.45) is 3.58. The van der Waals surface area contributed by atoms with E-state index >= 15 is 0 Å². The standard InChI is InChI=1S/C19H26N4O3/c24-17(22-10-4-5-11-22)13-20-18(25)15-7-6-12-23(14-15)19(26)21-16-8-2-1-3-9-16/h1-3,8-9,15H,4-7,10-14H2,(H,20,25)(H,21,26). The normalized spacial score (nSPS) is 19.9. The van der Waals surface area contributed by atoms with Gasteiger partial charge in [0.1, 0.15) is 0 Å². The first-order valence-corrected chi connectivity index (χ1v) is 9.30. The zero-order valence-electron chi connectivity index (χ0n) is 14.9. The Morgan fingerprint density at radius 1 is 0.962 bits per heavy atom. The molecule has 3 rings (SSSR count). The molecule has 4 amide bonds. The minimum atomic E-state index is -0.267. The molecule has 1 aromatic carbocycles. The lowest BCUT2D eigenvalue weighted by Gasteiger charge is -2.32. The summed E-state index contributed by atoms with van der Waals surface area (Å²) >= 11 is 0. The van der Waals surface area contributed by atoms with Gasteiger partial charge in [0.15, 0.2) is 0 Å². The molecule has 7 heteroatoms. The number of carbonyl (C=O) groups excluding carboxylic acids is 3. The zero-order valence-corrected chi connectivity index (χ0v) is 14.9. The lowest BCUT2D eigenvalue weighted by atomic mass is 9.97. The van der Waals surface area contributed by atoms with Crippen molar-refractivity contribution in [3.8, 4) is 0 Å². The summed E-state index contributed by atoms with van der Waals surface area (Å²) in [5, 5.41) is 5.60. The van der Waals surface area contributed by atoms with Crippen LogP contribution in [0, 0.1) is 5.92 Å². The number of urea groups is 1. The van der Waals surface area contributed by atoms with E-state index in [-0.39, 0.29) is 30.3 Å². The van der Waals surface area contributed by atoms with Crippen molar-refractivity contribution in [2.45, 2.75) is 25.7 Å². The highest BCUT2D eigenvalue weighted by Gasteiger charge is 2.29. The molecule has 2 aliphatic rings. The number of rotatable bonds is 4. The van der Waals surface area contributed by atoms with Crippen LogP contribution in [0.3, 0.4) is 0 Å². The highest BCUT2D eigenvalue weighted by atomic mass is 16.2. The molecular weight excluding hydrogens is 332 g/mol. The van der Waals surface area contributed by atoms with Crippen LogP contribution in [-0.4, -0.2) is 60.4 Å². The second-order valence-electron chi connectivity index (χ2n) is 6.89. The topological polar surface area (TPSA) is 81.8 Å². The zero-order chi connectivity index (χ0) is 18.4. The van der Waals surface area contributed by atoms with Crippen molar-refractivity contribution in [3.63, 3.8) is 0 Å². The Hall–Kier alpha value is -2.57. The van der Waals surface area contributed by atoms with E-state index in [1.165, 1.54) is 0 Å². The highest BCUT2D eigenvalue weighted by Crippen LogP contribution is 2.18. The van der Waals surface area contributed by atoms with E-state index in [1.54, 1.807) is 9.80 Å². The van der Waals surface area contributed by atoms with Gasteiger partial charge in [0.05, 0.1) is 12.5 Å². The Morgan fingerprint density at radius 3 is 2.38 bits per heavy atom. The Balaban J connectivity index is 1.47. The number of likely N-dealkylation sites (tertiary alicyclic amines) is 2. The first-order valence-electron chi connectivity index (χ1n) is 9.30. The van der Waals surface area contributed by atoms with E-state index in [0.29, 0.717) is 13.1 Å². The maximum atomic E-state index is 12.4. The Labute approximate surface area is 153 Å². The number of nitrogens with one attached hydrogen (secondary N) is 2. The van der Waals surface area contributed by atoms with Crippen molar-refractivity contribution in [1.29, 1.82) is 0 Å². The van der Waals surface area contributed by atoms with Gasteiger partial charge in [-0.25, -0.2) is 4.79 Å². The van der Waals surface area contributed by atoms with Gasteiger partial charge >= 0.3 is 6.03 Å². The molecule has 1 atom stereocenters. The lowest BCUT2D eigenvalue weighted by Crippen LogP contribution is -2.48. The second kappa shape index (κ2) is 8.69. The van der Waals surface area contributed by atoms with E-state index in [2.05, 4.69) is 10.6 Å². The van der Waals surface area contributed by atoms with Crippen LogP contribution in [0.15, 0.2) is 30.3 Å². The molecule has 140 valence electrons. The van der Waals surface area contributed by atoms with Crippen molar-refractivity contribution < 1.29 is 14.4 Å². The summed E-state index contributed by atoms with van der Waals surface area (Å²) in [6, 6.07) is 9.08. The maximum Gasteiger partial charge on any atom is 0.321 e. The third-order valence-corrected chi connectivity index (χ3v) is 4.98. The van der Waals surface area contributed by atoms with Gasteiger partial charge in [0.2, 0.25) is 11.8 Å². The third-order valence-electron chi connectivity index (χ3n) is 4.98. The van der Waals surface area contributed by atoms with Gasteiger partial charge in [-0.15, -0.1) is 0 Å². The van der Waals surface area contributed by atoms with Gasteiger partial charge in [-0.3, -0.25) is 9.59 Å². The smallest absolute Gasteiger partial charge is 0.321 e. The number of hydrogen-bond acceptors (Lipinski definition) is 3. The molecule has 1 aromatic rings. The summed E-state index contributed by atoms with van der Waals surface area (Å²) in [7, 11) is 0. The molecule has 0 radical (unpaired) electrons. The summed E-state index contributed by atoms with van der Waals surface area (Å²) < 4.78 is 0. The number of piperidine rings is 1. The number of nitrogens with zero attached hydrogens (tertiary/aromatic N) is 2. The number of benzene rings is 1. The minimum Gasteiger partial charge on any atom is -0.347 e. The Kier molecular flexibility index (Phi) is 6.09. The minimum absolute atomic E-state index is 0.0228. The quantitative estimate of drug-likeness (QED) is 0.859. The Bertz CT molecular complexity index is 643. The average Bonchev–Trinajstić information content (AvgIpc) is 3.21. The van der Waals surface area contributed by atoms with Crippen molar-refractivity contribution in [3.05, 3.63) is 30.3 Å². The number of anilines is 1. The lowest BCUT2D eigenvalue weighted by molar-refractivity contribution is -0.133. The molecule has 2 saturated heterocycles. The number of amides is 4. The van der Waals surface area contributed by atoms with Crippen molar-refractivity contribution in [2.24, 2.45) is 5.92 Å². The molecule has 0 bridgehead atoms. The summed E-state index contributed by atoms with van der Waals surface area (Å²) in [6.45, 7) is 2.63. The van der Waals surface area contributed by atoms with Crippen molar-refractivity contribution in [1.82, 2.24) is 15.1 Å². The molecule has 2 fully saturated rings. The van der Waals surface area contributed by atoms with E-state index in [1.807, 2.05) is 30.3 Å². The fourth-order valence-electron chi connectivity index (χ4n) is 3.49. The van der Waals surface area contributed by atoms with E-state index in [4.69, 9.17) is 0 Å². The molecule has 0 saturated carbocycles. The fraction of sp³-hybridized carbons (Fsp3) is 0.526. The van der Waals surface area contributed by atoms with Crippen molar-refractivity contribution >= 4 is 23.5 Å². The SMILES string of the molecule is O=C(NCC(=O)N1CCCC1)C1CCCN(C(=O)Nc2ccccc2)C1. The van der Waals surface area contributed by atoms with Gasteiger partial charge in [-0.1, -0.05) is 18.2 Å². The molecule has 2 heterocycles. The monoisotopic (exact) mass is 358 g/mol. The summed E-state index contributed by atoms with van der Waals surface area (Å²) in [4.78, 5) is 40.3. The molecule has 26 heavy (non-hydrogen) atoms. The predicted molar refractivity (Wildman–Crippen MR) is 98.6 cm³/mol. The van der Waals surface area contributed by atoms with E-state index in [0.717, 1.165) is 44.5 Å². The van der Waals surface area contributed by atoms with Crippen LogP contribution in [0.5, 0.6) is 0 Å². The first kappa shape index (κ1) is 18.2. The van der Waals surface area contributed by atoms with Crippen LogP contribution in [-0.2, 0) is 9.59 Å². The van der Waals surface area contributed by atoms with Crippen molar-refractivity contribution in [2.75, 3.05) is 38.0 Å². The fourth-order valence-corrected chi connectivity index (χ4v) is 3.49. The van der Waals surface area contributed by atoms with Crippen LogP contribution in [0.1, 0.15) is 25.7 Å². The molecule has 2 N–H and O–H groups in total. The number of para-hydroxylation sites is 1. The second-order valence-corrected chi connectivity index (χ2v) is 6.89. The summed E-state index contributed by atoms with van der Waals surface area (Å²) in [5.41, 5.74) is 0.736. The highest BCUT2D eigenvalue weighted by molar-refractivity contribution is 5.90. The van der Waals surface area contributed by atoms with E-state index < -0.39 is 0 Å². The first-order chi connectivity index (χ1) is 12.6. The van der Waals surface area contributed by atoms with Gasteiger partial charge < -0.3 is 20.4 Å². The summed E-state index contributed by atoms with van der Waals surface area (Å²) in [5.74, 6) is -0.434. The van der Waals surface area contributed by atoms with Crippen LogP contribution in [0.25, 0.3) is 0 Å². The maximum absolute atomic E-state index is 12.4. The van der Waals surface area contributed by atoms with Crippen LogP contribution >= 0.6 is 0 Å². The molecule has 0 aromatic heterocycles. The van der Waals surface area contributed by atoms with Gasteiger partial charge in [-0.2, -0.15) is 0 Å². The molecule has 7 nitrogen and oxygen atoms in total. The van der Waals surface area contributed by atoms with Crippen LogP contribution in [0.4, 0.5) is 10.5 Å². The molecular formula is C19H26N4O3. The van der Waals surface area contributed by atoms with Crippen LogP contribution < -0.4 is 10.6 Å².